The van der Waals surface area contributed by atoms with Crippen molar-refractivity contribution in [2.45, 2.75) is 0 Å². The molecule has 20 heavy (non-hydrogen) atoms. The smallest absolute Gasteiger partial charge is 0.344 e. The molecule has 0 aliphatic rings. The standard InChI is InChI=1S/C13H11N3O4/c17-12(18)10(13(19)20)8-14-11-6-7-15-16(11)9-4-2-1-3-5-9/h1-8,14H,(H,17,18)(H,19,20). The van der Waals surface area contributed by atoms with Gasteiger partial charge in [-0.2, -0.15) is 5.10 Å². The molecule has 2 rings (SSSR count). The molecule has 3 N–H and O–H groups in total. The van der Waals surface area contributed by atoms with E-state index in [9.17, 15) is 9.59 Å². The number of carboxylic acids is 2. The Bertz CT molecular complexity index is 645. The van der Waals surface area contributed by atoms with Gasteiger partial charge in [-0.05, 0) is 12.1 Å². The van der Waals surface area contributed by atoms with Crippen LogP contribution in [0.2, 0.25) is 0 Å². The van der Waals surface area contributed by atoms with Crippen LogP contribution in [0.3, 0.4) is 0 Å². The Balaban J connectivity index is 2.28. The van der Waals surface area contributed by atoms with Crippen LogP contribution in [0.1, 0.15) is 0 Å². The summed E-state index contributed by atoms with van der Waals surface area (Å²) >= 11 is 0. The summed E-state index contributed by atoms with van der Waals surface area (Å²) in [5.41, 5.74) is 0.00594. The fourth-order valence-electron chi connectivity index (χ4n) is 1.55. The second-order valence-corrected chi connectivity index (χ2v) is 3.78. The van der Waals surface area contributed by atoms with Crippen molar-refractivity contribution in [3.8, 4) is 5.69 Å². The first kappa shape index (κ1) is 13.3. The van der Waals surface area contributed by atoms with E-state index < -0.39 is 17.5 Å². The van der Waals surface area contributed by atoms with Gasteiger partial charge in [-0.15, -0.1) is 0 Å². The quantitative estimate of drug-likeness (QED) is 0.431. The zero-order chi connectivity index (χ0) is 14.5. The lowest BCUT2D eigenvalue weighted by Crippen LogP contribution is -2.13. The minimum Gasteiger partial charge on any atom is -0.477 e. The summed E-state index contributed by atoms with van der Waals surface area (Å²) < 4.78 is 1.53. The molecule has 7 heteroatoms. The minimum atomic E-state index is -1.52. The van der Waals surface area contributed by atoms with Crippen molar-refractivity contribution in [1.82, 2.24) is 9.78 Å². The summed E-state index contributed by atoms with van der Waals surface area (Å²) in [4.78, 5) is 21.5. The Morgan fingerprint density at radius 3 is 2.35 bits per heavy atom. The van der Waals surface area contributed by atoms with E-state index in [2.05, 4.69) is 10.4 Å². The zero-order valence-corrected chi connectivity index (χ0v) is 10.2. The highest BCUT2D eigenvalue weighted by atomic mass is 16.4. The lowest BCUT2D eigenvalue weighted by atomic mass is 10.3. The number of anilines is 1. The maximum Gasteiger partial charge on any atom is 0.344 e. The predicted molar refractivity (Wildman–Crippen MR) is 70.5 cm³/mol. The van der Waals surface area contributed by atoms with Gasteiger partial charge in [0.1, 0.15) is 5.82 Å². The number of benzene rings is 1. The molecule has 1 aromatic carbocycles. The Kier molecular flexibility index (Phi) is 3.80. The molecule has 0 bridgehead atoms. The first-order valence-electron chi connectivity index (χ1n) is 5.62. The van der Waals surface area contributed by atoms with Gasteiger partial charge in [0, 0.05) is 12.3 Å². The third-order valence-corrected chi connectivity index (χ3v) is 2.47. The average Bonchev–Trinajstić information content (AvgIpc) is 2.87. The van der Waals surface area contributed by atoms with E-state index >= 15 is 0 Å². The molecule has 0 fully saturated rings. The van der Waals surface area contributed by atoms with E-state index in [-0.39, 0.29) is 0 Å². The first-order chi connectivity index (χ1) is 9.59. The van der Waals surface area contributed by atoms with Crippen LogP contribution >= 0.6 is 0 Å². The molecule has 102 valence electrons. The fraction of sp³-hybridized carbons (Fsp3) is 0. The first-order valence-corrected chi connectivity index (χ1v) is 5.62. The van der Waals surface area contributed by atoms with Crippen LogP contribution in [-0.4, -0.2) is 31.9 Å². The van der Waals surface area contributed by atoms with Crippen LogP contribution in [0, 0.1) is 0 Å². The Labute approximate surface area is 113 Å². The normalized spacial score (nSPS) is 9.80. The van der Waals surface area contributed by atoms with E-state index in [1.54, 1.807) is 6.07 Å². The number of rotatable bonds is 5. The second-order valence-electron chi connectivity index (χ2n) is 3.78. The third kappa shape index (κ3) is 2.83. The highest BCUT2D eigenvalue weighted by Gasteiger charge is 2.16. The van der Waals surface area contributed by atoms with E-state index in [0.29, 0.717) is 5.82 Å². The van der Waals surface area contributed by atoms with Crippen molar-refractivity contribution in [2.24, 2.45) is 0 Å². The number of nitrogens with one attached hydrogen (secondary N) is 1. The molecule has 0 atom stereocenters. The molecular formula is C13H11N3O4. The van der Waals surface area contributed by atoms with Crippen molar-refractivity contribution < 1.29 is 19.8 Å². The topological polar surface area (TPSA) is 104 Å². The Hall–Kier alpha value is -3.09. The minimum absolute atomic E-state index is 0.455. The summed E-state index contributed by atoms with van der Waals surface area (Å²) in [6, 6.07) is 10.7. The van der Waals surface area contributed by atoms with Gasteiger partial charge in [0.25, 0.3) is 0 Å². The number of hydrogen-bond donors (Lipinski definition) is 3. The molecule has 0 aliphatic heterocycles. The number of aliphatic carboxylic acids is 2. The highest BCUT2D eigenvalue weighted by molar-refractivity contribution is 6.12. The predicted octanol–water partition coefficient (Wildman–Crippen LogP) is 1.34. The van der Waals surface area contributed by atoms with Gasteiger partial charge >= 0.3 is 11.9 Å². The van der Waals surface area contributed by atoms with Gasteiger partial charge in [-0.25, -0.2) is 14.3 Å². The van der Waals surface area contributed by atoms with Crippen LogP contribution < -0.4 is 5.32 Å². The molecular weight excluding hydrogens is 262 g/mol. The second kappa shape index (κ2) is 5.70. The Morgan fingerprint density at radius 2 is 1.75 bits per heavy atom. The van der Waals surface area contributed by atoms with Crippen LogP contribution in [0.5, 0.6) is 0 Å². The fourth-order valence-corrected chi connectivity index (χ4v) is 1.55. The summed E-state index contributed by atoms with van der Waals surface area (Å²) in [6.07, 6.45) is 2.44. The van der Waals surface area contributed by atoms with Gasteiger partial charge in [0.15, 0.2) is 5.57 Å². The van der Waals surface area contributed by atoms with Gasteiger partial charge in [0.05, 0.1) is 11.9 Å². The molecule has 0 aliphatic carbocycles. The molecule has 0 amide bonds. The number of nitrogens with zero attached hydrogens (tertiary/aromatic N) is 2. The van der Waals surface area contributed by atoms with Crippen LogP contribution in [0.25, 0.3) is 5.69 Å². The van der Waals surface area contributed by atoms with Gasteiger partial charge in [-0.3, -0.25) is 0 Å². The maximum atomic E-state index is 10.7. The molecule has 2 aromatic rings. The van der Waals surface area contributed by atoms with Crippen LogP contribution in [-0.2, 0) is 9.59 Å². The lowest BCUT2D eigenvalue weighted by Gasteiger charge is -2.07. The van der Waals surface area contributed by atoms with Crippen molar-refractivity contribution in [3.05, 3.63) is 54.4 Å². The van der Waals surface area contributed by atoms with E-state index in [4.69, 9.17) is 10.2 Å². The maximum absolute atomic E-state index is 10.7. The molecule has 7 nitrogen and oxygen atoms in total. The van der Waals surface area contributed by atoms with Crippen molar-refractivity contribution >= 4 is 17.8 Å². The third-order valence-electron chi connectivity index (χ3n) is 2.47. The number of carboxylic acid groups (broad SMARTS) is 2. The molecule has 0 radical (unpaired) electrons. The van der Waals surface area contributed by atoms with Crippen LogP contribution in [0.4, 0.5) is 5.82 Å². The summed E-state index contributed by atoms with van der Waals surface area (Å²) in [7, 11) is 0. The lowest BCUT2D eigenvalue weighted by molar-refractivity contribution is -0.140. The molecule has 0 saturated carbocycles. The molecule has 0 unspecified atom stereocenters. The van der Waals surface area contributed by atoms with E-state index in [1.165, 1.54) is 10.9 Å². The van der Waals surface area contributed by atoms with Crippen molar-refractivity contribution in [1.29, 1.82) is 0 Å². The van der Waals surface area contributed by atoms with Crippen molar-refractivity contribution in [3.63, 3.8) is 0 Å². The number of carbonyl (C=O) groups is 2. The van der Waals surface area contributed by atoms with E-state index in [0.717, 1.165) is 11.9 Å². The monoisotopic (exact) mass is 273 g/mol. The average molecular weight is 273 g/mol. The number of aromatic nitrogens is 2. The zero-order valence-electron chi connectivity index (χ0n) is 10.2. The van der Waals surface area contributed by atoms with Crippen molar-refractivity contribution in [2.75, 3.05) is 5.32 Å². The molecule has 1 heterocycles. The van der Waals surface area contributed by atoms with Crippen LogP contribution in [0.15, 0.2) is 54.4 Å². The van der Waals surface area contributed by atoms with Gasteiger partial charge < -0.3 is 15.5 Å². The van der Waals surface area contributed by atoms with Gasteiger partial charge in [0.2, 0.25) is 0 Å². The van der Waals surface area contributed by atoms with E-state index in [1.807, 2.05) is 30.3 Å². The summed E-state index contributed by atoms with van der Waals surface area (Å²) in [6.45, 7) is 0. The number of hydrogen-bond acceptors (Lipinski definition) is 4. The Morgan fingerprint density at radius 1 is 1.10 bits per heavy atom. The summed E-state index contributed by atoms with van der Waals surface area (Å²) in [5.74, 6) is -2.58. The SMILES string of the molecule is O=C(O)C(=CNc1ccnn1-c1ccccc1)C(=O)O. The molecule has 1 aromatic heterocycles. The van der Waals surface area contributed by atoms with Gasteiger partial charge in [-0.1, -0.05) is 18.2 Å². The summed E-state index contributed by atoms with van der Waals surface area (Å²) in [5, 5.41) is 24.2. The molecule has 0 saturated heterocycles. The molecule has 0 spiro atoms. The largest absolute Gasteiger partial charge is 0.477 e. The number of para-hydroxylation sites is 1. The highest BCUT2D eigenvalue weighted by Crippen LogP contribution is 2.14.